The molecule has 0 saturated carbocycles. The van der Waals surface area contributed by atoms with Gasteiger partial charge in [-0.3, -0.25) is 9.78 Å². The third kappa shape index (κ3) is 3.79. The molecule has 0 unspecified atom stereocenters. The summed E-state index contributed by atoms with van der Waals surface area (Å²) in [7, 11) is 1.58. The zero-order valence-electron chi connectivity index (χ0n) is 13.5. The summed E-state index contributed by atoms with van der Waals surface area (Å²) in [6, 6.07) is 13.0. The van der Waals surface area contributed by atoms with Gasteiger partial charge in [0.2, 0.25) is 5.91 Å². The fraction of sp³-hybridized carbons (Fsp3) is 0.158. The van der Waals surface area contributed by atoms with Crippen molar-refractivity contribution >= 4 is 16.8 Å². The molecule has 0 bridgehead atoms. The van der Waals surface area contributed by atoms with Gasteiger partial charge in [0.15, 0.2) is 17.5 Å². The average Bonchev–Trinajstić information content (AvgIpc) is 2.59. The van der Waals surface area contributed by atoms with Gasteiger partial charge in [-0.2, -0.15) is 0 Å². The van der Waals surface area contributed by atoms with Gasteiger partial charge in [-0.1, -0.05) is 24.3 Å². The van der Waals surface area contributed by atoms with Gasteiger partial charge in [0.25, 0.3) is 0 Å². The predicted molar refractivity (Wildman–Crippen MR) is 88.2 cm³/mol. The number of para-hydroxylation sites is 1. The highest BCUT2D eigenvalue weighted by molar-refractivity contribution is 5.79. The number of carbonyl (C=O) groups is 1. The van der Waals surface area contributed by atoms with Crippen molar-refractivity contribution in [1.29, 1.82) is 0 Å². The van der Waals surface area contributed by atoms with Crippen LogP contribution in [0, 0.1) is 17.5 Å². The number of hydrogen-bond donors (Lipinski definition) is 0. The van der Waals surface area contributed by atoms with Crippen molar-refractivity contribution in [2.45, 2.75) is 13.0 Å². The van der Waals surface area contributed by atoms with Crippen LogP contribution >= 0.6 is 0 Å². The Bertz CT molecular complexity index is 920. The van der Waals surface area contributed by atoms with Gasteiger partial charge >= 0.3 is 0 Å². The summed E-state index contributed by atoms with van der Waals surface area (Å²) < 4.78 is 39.4. The normalized spacial score (nSPS) is 10.9. The molecule has 1 heterocycles. The maximum Gasteiger partial charge on any atom is 0.227 e. The fourth-order valence-corrected chi connectivity index (χ4v) is 2.55. The van der Waals surface area contributed by atoms with Gasteiger partial charge in [0.1, 0.15) is 0 Å². The fourth-order valence-electron chi connectivity index (χ4n) is 2.55. The first kappa shape index (κ1) is 17.0. The summed E-state index contributed by atoms with van der Waals surface area (Å²) >= 11 is 0. The van der Waals surface area contributed by atoms with E-state index >= 15 is 0 Å². The highest BCUT2D eigenvalue weighted by Gasteiger charge is 2.15. The SMILES string of the molecule is CN(Cc1ccc2ccccc2n1)C(=O)Cc1cc(F)c(F)c(F)c1. The quantitative estimate of drug-likeness (QED) is 0.674. The lowest BCUT2D eigenvalue weighted by Gasteiger charge is -2.17. The van der Waals surface area contributed by atoms with Crippen molar-refractivity contribution in [2.24, 2.45) is 0 Å². The molecule has 3 aromatic rings. The molecule has 0 aliphatic carbocycles. The van der Waals surface area contributed by atoms with Gasteiger partial charge in [-0.25, -0.2) is 13.2 Å². The number of carbonyl (C=O) groups excluding carboxylic acids is 1. The molecule has 0 N–H and O–H groups in total. The number of hydrogen-bond acceptors (Lipinski definition) is 2. The Morgan fingerprint density at radius 2 is 1.72 bits per heavy atom. The molecule has 0 fully saturated rings. The summed E-state index contributed by atoms with van der Waals surface area (Å²) in [5.74, 6) is -4.49. The van der Waals surface area contributed by atoms with Crippen LogP contribution in [0.15, 0.2) is 48.5 Å². The molecular weight excluding hydrogens is 329 g/mol. The lowest BCUT2D eigenvalue weighted by atomic mass is 10.1. The summed E-state index contributed by atoms with van der Waals surface area (Å²) in [5, 5.41) is 0.998. The Labute approximate surface area is 142 Å². The first-order valence-electron chi connectivity index (χ1n) is 7.66. The summed E-state index contributed by atoms with van der Waals surface area (Å²) in [6.45, 7) is 0.260. The van der Waals surface area contributed by atoms with Crippen LogP contribution in [-0.2, 0) is 17.8 Å². The van der Waals surface area contributed by atoms with Crippen LogP contribution in [0.2, 0.25) is 0 Å². The lowest BCUT2D eigenvalue weighted by Crippen LogP contribution is -2.28. The molecule has 0 aliphatic rings. The number of likely N-dealkylation sites (N-methyl/N-ethyl adjacent to an activating group) is 1. The van der Waals surface area contributed by atoms with E-state index in [-0.39, 0.29) is 24.4 Å². The van der Waals surface area contributed by atoms with Crippen molar-refractivity contribution in [3.63, 3.8) is 0 Å². The van der Waals surface area contributed by atoms with E-state index in [1.54, 1.807) is 7.05 Å². The molecule has 128 valence electrons. The van der Waals surface area contributed by atoms with Crippen molar-refractivity contribution in [1.82, 2.24) is 9.88 Å². The molecular formula is C19H15F3N2O. The van der Waals surface area contributed by atoms with E-state index in [2.05, 4.69) is 4.98 Å². The van der Waals surface area contributed by atoms with Crippen LogP contribution < -0.4 is 0 Å². The summed E-state index contributed by atoms with van der Waals surface area (Å²) in [6.07, 6.45) is -0.224. The Morgan fingerprint density at radius 3 is 2.44 bits per heavy atom. The third-order valence-corrected chi connectivity index (χ3v) is 3.88. The van der Waals surface area contributed by atoms with Crippen LogP contribution in [0.1, 0.15) is 11.3 Å². The number of pyridine rings is 1. The second kappa shape index (κ2) is 6.93. The van der Waals surface area contributed by atoms with Crippen LogP contribution in [-0.4, -0.2) is 22.8 Å². The minimum absolute atomic E-state index is 0.0831. The van der Waals surface area contributed by atoms with E-state index in [1.807, 2.05) is 36.4 Å². The Hall–Kier alpha value is -2.89. The van der Waals surface area contributed by atoms with Crippen molar-refractivity contribution in [3.05, 3.63) is 77.2 Å². The first-order chi connectivity index (χ1) is 11.9. The molecule has 25 heavy (non-hydrogen) atoms. The number of rotatable bonds is 4. The van der Waals surface area contributed by atoms with Crippen LogP contribution in [0.25, 0.3) is 10.9 Å². The molecule has 1 aromatic heterocycles. The Balaban J connectivity index is 1.71. The third-order valence-electron chi connectivity index (χ3n) is 3.88. The molecule has 6 heteroatoms. The van der Waals surface area contributed by atoms with E-state index in [9.17, 15) is 18.0 Å². The number of amides is 1. The largest absolute Gasteiger partial charge is 0.340 e. The monoisotopic (exact) mass is 344 g/mol. The van der Waals surface area contributed by atoms with Crippen molar-refractivity contribution in [2.75, 3.05) is 7.05 Å². The highest BCUT2D eigenvalue weighted by atomic mass is 19.2. The van der Waals surface area contributed by atoms with E-state index in [0.29, 0.717) is 5.69 Å². The molecule has 0 radical (unpaired) electrons. The van der Waals surface area contributed by atoms with Gasteiger partial charge in [0, 0.05) is 12.4 Å². The number of fused-ring (bicyclic) bond motifs is 1. The van der Waals surface area contributed by atoms with Crippen LogP contribution in [0.3, 0.4) is 0 Å². The van der Waals surface area contributed by atoms with Crippen LogP contribution in [0.5, 0.6) is 0 Å². The molecule has 0 saturated heterocycles. The first-order valence-corrected chi connectivity index (χ1v) is 7.66. The Kier molecular flexibility index (Phi) is 4.70. The summed E-state index contributed by atoms with van der Waals surface area (Å²) in [5.41, 5.74) is 1.61. The Morgan fingerprint density at radius 1 is 1.04 bits per heavy atom. The standard InChI is InChI=1S/C19H15F3N2O/c1-24(11-14-7-6-13-4-2-3-5-17(13)23-14)18(25)10-12-8-15(20)19(22)16(21)9-12/h2-9H,10-11H2,1H3. The summed E-state index contributed by atoms with van der Waals surface area (Å²) in [4.78, 5) is 18.1. The topological polar surface area (TPSA) is 33.2 Å². The smallest absolute Gasteiger partial charge is 0.227 e. The predicted octanol–water partition coefficient (Wildman–Crippen LogP) is 3.85. The molecule has 3 nitrogen and oxygen atoms in total. The maximum absolute atomic E-state index is 13.2. The van der Waals surface area contributed by atoms with Gasteiger partial charge < -0.3 is 4.90 Å². The number of nitrogens with zero attached hydrogens (tertiary/aromatic N) is 2. The number of halogens is 3. The maximum atomic E-state index is 13.2. The molecule has 1 amide bonds. The molecule has 0 atom stereocenters. The zero-order chi connectivity index (χ0) is 18.0. The lowest BCUT2D eigenvalue weighted by molar-refractivity contribution is -0.129. The van der Waals surface area contributed by atoms with Gasteiger partial charge in [0.05, 0.1) is 24.2 Å². The minimum Gasteiger partial charge on any atom is -0.340 e. The molecule has 0 aliphatic heterocycles. The van der Waals surface area contributed by atoms with Crippen molar-refractivity contribution in [3.8, 4) is 0 Å². The minimum atomic E-state index is -1.54. The molecule has 2 aromatic carbocycles. The van der Waals surface area contributed by atoms with E-state index < -0.39 is 17.5 Å². The van der Waals surface area contributed by atoms with Gasteiger partial charge in [-0.05, 0) is 29.8 Å². The van der Waals surface area contributed by atoms with E-state index in [0.717, 1.165) is 23.0 Å². The zero-order valence-corrected chi connectivity index (χ0v) is 13.5. The van der Waals surface area contributed by atoms with Crippen LogP contribution in [0.4, 0.5) is 13.2 Å². The second-order valence-corrected chi connectivity index (χ2v) is 5.80. The number of benzene rings is 2. The van der Waals surface area contributed by atoms with E-state index in [4.69, 9.17) is 0 Å². The van der Waals surface area contributed by atoms with Crippen molar-refractivity contribution < 1.29 is 18.0 Å². The molecule has 0 spiro atoms. The molecule has 3 rings (SSSR count). The number of aromatic nitrogens is 1. The second-order valence-electron chi connectivity index (χ2n) is 5.80. The highest BCUT2D eigenvalue weighted by Crippen LogP contribution is 2.16. The average molecular weight is 344 g/mol. The van der Waals surface area contributed by atoms with Gasteiger partial charge in [-0.15, -0.1) is 0 Å². The van der Waals surface area contributed by atoms with E-state index in [1.165, 1.54) is 4.90 Å².